The molecule has 2 aromatic heterocycles. The van der Waals surface area contributed by atoms with Crippen molar-refractivity contribution in [2.75, 3.05) is 0 Å². The maximum absolute atomic E-state index is 14.0. The highest BCUT2D eigenvalue weighted by Gasteiger charge is 2.15. The molecule has 0 fully saturated rings. The fraction of sp³-hybridized carbons (Fsp3) is 0.125. The van der Waals surface area contributed by atoms with Gasteiger partial charge in [-0.15, -0.1) is 0 Å². The molecule has 22 heavy (non-hydrogen) atoms. The van der Waals surface area contributed by atoms with Crippen LogP contribution in [0.1, 0.15) is 16.7 Å². The molecule has 0 amide bonds. The number of phenolic OH excluding ortho intramolecular Hbond substituents is 1. The summed E-state index contributed by atoms with van der Waals surface area (Å²) < 4.78 is 19.4. The molecular weight excluding hydrogens is 353 g/mol. The van der Waals surface area contributed by atoms with E-state index in [1.807, 2.05) is 0 Å². The maximum Gasteiger partial charge on any atom is 0.340 e. The van der Waals surface area contributed by atoms with Gasteiger partial charge in [-0.05, 0) is 52.2 Å². The first-order valence-electron chi connectivity index (χ1n) is 6.51. The van der Waals surface area contributed by atoms with Gasteiger partial charge in [0, 0.05) is 29.6 Å². The van der Waals surface area contributed by atoms with Crippen molar-refractivity contribution in [2.45, 2.75) is 13.3 Å². The van der Waals surface area contributed by atoms with Gasteiger partial charge in [0.15, 0.2) is 5.82 Å². The van der Waals surface area contributed by atoms with Crippen LogP contribution in [0.5, 0.6) is 5.75 Å². The van der Waals surface area contributed by atoms with Crippen molar-refractivity contribution in [3.05, 3.63) is 68.0 Å². The van der Waals surface area contributed by atoms with Gasteiger partial charge in [0.1, 0.15) is 15.9 Å². The van der Waals surface area contributed by atoms with Gasteiger partial charge in [0.2, 0.25) is 0 Å². The third kappa shape index (κ3) is 2.50. The second kappa shape index (κ2) is 5.53. The zero-order chi connectivity index (χ0) is 15.9. The van der Waals surface area contributed by atoms with Gasteiger partial charge in [-0.3, -0.25) is 0 Å². The molecule has 1 aromatic carbocycles. The SMILES string of the molecule is Cc1c(Cc2ccnc(Br)c2F)c(=O)oc2cc(O)ccc12. The molecule has 0 spiro atoms. The summed E-state index contributed by atoms with van der Waals surface area (Å²) in [6.07, 6.45) is 1.58. The molecule has 0 saturated carbocycles. The summed E-state index contributed by atoms with van der Waals surface area (Å²) in [6, 6.07) is 6.10. The van der Waals surface area contributed by atoms with Gasteiger partial charge >= 0.3 is 5.63 Å². The topological polar surface area (TPSA) is 63.3 Å². The molecule has 0 radical (unpaired) electrons. The third-order valence-electron chi connectivity index (χ3n) is 3.56. The van der Waals surface area contributed by atoms with Crippen molar-refractivity contribution in [3.8, 4) is 5.75 Å². The molecule has 2 heterocycles. The largest absolute Gasteiger partial charge is 0.508 e. The Balaban J connectivity index is 2.17. The van der Waals surface area contributed by atoms with E-state index in [4.69, 9.17) is 4.42 Å². The van der Waals surface area contributed by atoms with Crippen molar-refractivity contribution in [2.24, 2.45) is 0 Å². The molecule has 112 valence electrons. The van der Waals surface area contributed by atoms with Crippen LogP contribution >= 0.6 is 15.9 Å². The zero-order valence-corrected chi connectivity index (χ0v) is 13.1. The fourth-order valence-electron chi connectivity index (χ4n) is 2.37. The van der Waals surface area contributed by atoms with Crippen LogP contribution in [0.25, 0.3) is 11.0 Å². The van der Waals surface area contributed by atoms with E-state index in [-0.39, 0.29) is 16.8 Å². The van der Waals surface area contributed by atoms with E-state index in [0.29, 0.717) is 27.7 Å². The van der Waals surface area contributed by atoms with E-state index in [9.17, 15) is 14.3 Å². The molecule has 4 nitrogen and oxygen atoms in total. The van der Waals surface area contributed by atoms with Crippen LogP contribution in [0.2, 0.25) is 0 Å². The minimum Gasteiger partial charge on any atom is -0.508 e. The summed E-state index contributed by atoms with van der Waals surface area (Å²) in [5.41, 5.74) is 1.22. The molecule has 3 rings (SSSR count). The number of aromatic hydroxyl groups is 1. The minimum atomic E-state index is -0.539. The number of aromatic nitrogens is 1. The van der Waals surface area contributed by atoms with Gasteiger partial charge < -0.3 is 9.52 Å². The van der Waals surface area contributed by atoms with Crippen LogP contribution in [0.15, 0.2) is 44.3 Å². The van der Waals surface area contributed by atoms with Crippen molar-refractivity contribution in [3.63, 3.8) is 0 Å². The molecule has 3 aromatic rings. The average molecular weight is 364 g/mol. The van der Waals surface area contributed by atoms with Gasteiger partial charge in [-0.1, -0.05) is 0 Å². The number of hydrogen-bond donors (Lipinski definition) is 1. The minimum absolute atomic E-state index is 0.0203. The van der Waals surface area contributed by atoms with Crippen molar-refractivity contribution in [1.29, 1.82) is 0 Å². The number of nitrogens with zero attached hydrogens (tertiary/aromatic N) is 1. The lowest BCUT2D eigenvalue weighted by Gasteiger charge is -2.09. The number of halogens is 2. The Morgan fingerprint density at radius 2 is 2.14 bits per heavy atom. The number of hydrogen-bond acceptors (Lipinski definition) is 4. The Kier molecular flexibility index (Phi) is 3.70. The molecule has 0 bridgehead atoms. The third-order valence-corrected chi connectivity index (χ3v) is 4.12. The molecule has 1 N–H and O–H groups in total. The molecule has 6 heteroatoms. The molecule has 0 atom stereocenters. The number of rotatable bonds is 2. The normalized spacial score (nSPS) is 11.0. The number of phenols is 1. The van der Waals surface area contributed by atoms with E-state index in [0.717, 1.165) is 0 Å². The lowest BCUT2D eigenvalue weighted by Crippen LogP contribution is -2.11. The van der Waals surface area contributed by atoms with Crippen molar-refractivity contribution in [1.82, 2.24) is 4.98 Å². The Morgan fingerprint density at radius 1 is 1.36 bits per heavy atom. The van der Waals surface area contributed by atoms with E-state index in [2.05, 4.69) is 20.9 Å². The van der Waals surface area contributed by atoms with Gasteiger partial charge in [0.05, 0.1) is 0 Å². The Bertz CT molecular complexity index is 937. The van der Waals surface area contributed by atoms with Crippen molar-refractivity contribution >= 4 is 26.9 Å². The fourth-order valence-corrected chi connectivity index (χ4v) is 2.74. The number of benzene rings is 1. The van der Waals surface area contributed by atoms with E-state index in [1.54, 1.807) is 13.0 Å². The first-order chi connectivity index (χ1) is 10.5. The first kappa shape index (κ1) is 14.7. The lowest BCUT2D eigenvalue weighted by atomic mass is 10.00. The maximum atomic E-state index is 14.0. The highest BCUT2D eigenvalue weighted by molar-refractivity contribution is 9.10. The molecule has 0 unspecified atom stereocenters. The zero-order valence-electron chi connectivity index (χ0n) is 11.6. The van der Waals surface area contributed by atoms with Gasteiger partial charge in [0.25, 0.3) is 0 Å². The van der Waals surface area contributed by atoms with Crippen molar-refractivity contribution < 1.29 is 13.9 Å². The first-order valence-corrected chi connectivity index (χ1v) is 7.31. The number of pyridine rings is 1. The van der Waals surface area contributed by atoms with E-state index >= 15 is 0 Å². The quantitative estimate of drug-likeness (QED) is 0.557. The predicted octanol–water partition coefficient (Wildman–Crippen LogP) is 3.69. The van der Waals surface area contributed by atoms with Crippen LogP contribution in [0.4, 0.5) is 4.39 Å². The number of aryl methyl sites for hydroxylation is 1. The smallest absolute Gasteiger partial charge is 0.340 e. The summed E-state index contributed by atoms with van der Waals surface area (Å²) in [7, 11) is 0. The summed E-state index contributed by atoms with van der Waals surface area (Å²) >= 11 is 3.03. The molecule has 0 aliphatic heterocycles. The van der Waals surface area contributed by atoms with Crippen LogP contribution in [0, 0.1) is 12.7 Å². The van der Waals surface area contributed by atoms with E-state index in [1.165, 1.54) is 24.4 Å². The highest BCUT2D eigenvalue weighted by atomic mass is 79.9. The standard InChI is InChI=1S/C16H11BrFNO3/c1-8-11-3-2-10(20)7-13(11)22-16(21)12(8)6-9-4-5-19-15(17)14(9)18/h2-5,7,20H,6H2,1H3. The van der Waals surface area contributed by atoms with Gasteiger partial charge in [-0.2, -0.15) is 0 Å². The second-order valence-corrected chi connectivity index (χ2v) is 5.68. The molecule has 0 aliphatic carbocycles. The molecule has 0 saturated heterocycles. The number of fused-ring (bicyclic) bond motifs is 1. The van der Waals surface area contributed by atoms with Crippen LogP contribution in [-0.4, -0.2) is 10.1 Å². The highest BCUT2D eigenvalue weighted by Crippen LogP contribution is 2.25. The summed E-state index contributed by atoms with van der Waals surface area (Å²) in [5.74, 6) is -0.473. The van der Waals surface area contributed by atoms with Crippen LogP contribution in [0.3, 0.4) is 0 Å². The van der Waals surface area contributed by atoms with Crippen LogP contribution < -0.4 is 5.63 Å². The van der Waals surface area contributed by atoms with Gasteiger partial charge in [-0.25, -0.2) is 14.2 Å². The average Bonchev–Trinajstić information content (AvgIpc) is 2.47. The summed E-state index contributed by atoms with van der Waals surface area (Å²) in [6.45, 7) is 1.78. The Hall–Kier alpha value is -2.21. The predicted molar refractivity (Wildman–Crippen MR) is 83.6 cm³/mol. The van der Waals surface area contributed by atoms with E-state index < -0.39 is 11.4 Å². The Labute approximate surface area is 133 Å². The summed E-state index contributed by atoms with van der Waals surface area (Å²) in [5, 5.41) is 10.2. The summed E-state index contributed by atoms with van der Waals surface area (Å²) in [4.78, 5) is 16.0. The monoisotopic (exact) mass is 363 g/mol. The Morgan fingerprint density at radius 3 is 2.91 bits per heavy atom. The molecule has 0 aliphatic rings. The van der Waals surface area contributed by atoms with Crippen LogP contribution in [-0.2, 0) is 6.42 Å². The molecular formula is C16H11BrFNO3. The second-order valence-electron chi connectivity index (χ2n) is 4.93. The lowest BCUT2D eigenvalue weighted by molar-refractivity contribution is 0.472.